The third-order valence-electron chi connectivity index (χ3n) is 3.32. The average Bonchev–Trinajstić information content (AvgIpc) is 2.72. The van der Waals surface area contributed by atoms with Gasteiger partial charge in [-0.15, -0.1) is 11.3 Å². The van der Waals surface area contributed by atoms with Crippen molar-refractivity contribution >= 4 is 17.2 Å². The number of amides is 1. The summed E-state index contributed by atoms with van der Waals surface area (Å²) in [7, 11) is 0. The van der Waals surface area contributed by atoms with E-state index in [-0.39, 0.29) is 11.9 Å². The maximum absolute atomic E-state index is 12.0. The second-order valence-corrected chi connectivity index (χ2v) is 7.49. The first-order valence-corrected chi connectivity index (χ1v) is 8.27. The second-order valence-electron chi connectivity index (χ2n) is 6.12. The summed E-state index contributed by atoms with van der Waals surface area (Å²) < 4.78 is 0. The number of hydrogen-bond acceptors (Lipinski definition) is 3. The number of nitrogens with two attached hydrogens (primary N) is 1. The molecule has 0 fully saturated rings. The number of hydrogen-bond donors (Lipinski definition) is 2. The Kier molecular flexibility index (Phi) is 7.24. The molecule has 0 saturated carbocycles. The van der Waals surface area contributed by atoms with Crippen LogP contribution in [0, 0.1) is 18.8 Å². The van der Waals surface area contributed by atoms with Gasteiger partial charge in [-0.1, -0.05) is 13.8 Å². The maximum Gasteiger partial charge on any atom is 0.220 e. The van der Waals surface area contributed by atoms with Gasteiger partial charge in [0.15, 0.2) is 0 Å². The fraction of sp³-hybridized carbons (Fsp3) is 0.688. The highest BCUT2D eigenvalue weighted by Crippen LogP contribution is 2.17. The van der Waals surface area contributed by atoms with Gasteiger partial charge >= 0.3 is 0 Å². The molecule has 114 valence electrons. The van der Waals surface area contributed by atoms with E-state index >= 15 is 0 Å². The van der Waals surface area contributed by atoms with E-state index in [9.17, 15) is 4.79 Å². The molecule has 20 heavy (non-hydrogen) atoms. The number of thiophene rings is 1. The van der Waals surface area contributed by atoms with Crippen molar-refractivity contribution in [2.75, 3.05) is 6.54 Å². The molecule has 2 atom stereocenters. The predicted molar refractivity (Wildman–Crippen MR) is 87.0 cm³/mol. The van der Waals surface area contributed by atoms with Crippen LogP contribution in [-0.4, -0.2) is 18.5 Å². The Morgan fingerprint density at radius 2 is 2.05 bits per heavy atom. The Bertz CT molecular complexity index is 414. The van der Waals surface area contributed by atoms with Crippen LogP contribution in [0.3, 0.4) is 0 Å². The van der Waals surface area contributed by atoms with Crippen molar-refractivity contribution < 1.29 is 4.79 Å². The van der Waals surface area contributed by atoms with E-state index in [1.165, 1.54) is 9.75 Å². The Labute approximate surface area is 127 Å². The maximum atomic E-state index is 12.0. The van der Waals surface area contributed by atoms with Gasteiger partial charge in [0.2, 0.25) is 5.91 Å². The molecular weight excluding hydrogens is 268 g/mol. The lowest BCUT2D eigenvalue weighted by atomic mass is 9.94. The molecule has 4 heteroatoms. The molecular formula is C16H28N2OS. The summed E-state index contributed by atoms with van der Waals surface area (Å²) in [5.41, 5.74) is 5.75. The molecule has 0 spiro atoms. The second kappa shape index (κ2) is 8.42. The minimum absolute atomic E-state index is 0.127. The van der Waals surface area contributed by atoms with Crippen molar-refractivity contribution in [3.05, 3.63) is 21.9 Å². The summed E-state index contributed by atoms with van der Waals surface area (Å²) in [6.07, 6.45) is 2.46. The molecule has 1 aromatic heterocycles. The van der Waals surface area contributed by atoms with E-state index in [1.807, 2.05) is 0 Å². The van der Waals surface area contributed by atoms with E-state index in [2.05, 4.69) is 45.1 Å². The Hall–Kier alpha value is -0.870. The van der Waals surface area contributed by atoms with Crippen LogP contribution in [0.5, 0.6) is 0 Å². The van der Waals surface area contributed by atoms with Gasteiger partial charge in [0.25, 0.3) is 0 Å². The summed E-state index contributed by atoms with van der Waals surface area (Å²) >= 11 is 1.80. The molecule has 1 unspecified atom stereocenters. The van der Waals surface area contributed by atoms with Gasteiger partial charge < -0.3 is 11.1 Å². The van der Waals surface area contributed by atoms with Crippen molar-refractivity contribution in [2.45, 2.75) is 53.0 Å². The standard InChI is InChI=1S/C16H28N2OS/c1-11(2)7-14(10-17)9-16(19)18-12(3)8-15-6-5-13(4)20-15/h5-6,11-12,14H,7-10,17H2,1-4H3,(H,18,19)/t12?,14-/m0/s1. The van der Waals surface area contributed by atoms with Gasteiger partial charge in [0, 0.05) is 28.6 Å². The number of carbonyl (C=O) groups excluding carboxylic acids is 1. The van der Waals surface area contributed by atoms with Gasteiger partial charge in [0.05, 0.1) is 0 Å². The van der Waals surface area contributed by atoms with Crippen molar-refractivity contribution in [2.24, 2.45) is 17.6 Å². The molecule has 0 radical (unpaired) electrons. The Morgan fingerprint density at radius 3 is 2.55 bits per heavy atom. The molecule has 0 saturated heterocycles. The molecule has 1 aromatic rings. The fourth-order valence-electron chi connectivity index (χ4n) is 2.47. The van der Waals surface area contributed by atoms with E-state index < -0.39 is 0 Å². The molecule has 1 rings (SSSR count). The van der Waals surface area contributed by atoms with Gasteiger partial charge in [-0.2, -0.15) is 0 Å². The quantitative estimate of drug-likeness (QED) is 0.774. The summed E-state index contributed by atoms with van der Waals surface area (Å²) in [5.74, 6) is 1.01. The van der Waals surface area contributed by atoms with E-state index in [1.54, 1.807) is 11.3 Å². The van der Waals surface area contributed by atoms with E-state index in [0.717, 1.165) is 12.8 Å². The summed E-state index contributed by atoms with van der Waals surface area (Å²) in [6, 6.07) is 4.45. The number of carbonyl (C=O) groups is 1. The number of nitrogens with one attached hydrogen (secondary N) is 1. The first kappa shape index (κ1) is 17.2. The zero-order valence-electron chi connectivity index (χ0n) is 13.1. The van der Waals surface area contributed by atoms with Gasteiger partial charge in [-0.3, -0.25) is 4.79 Å². The SMILES string of the molecule is Cc1ccc(CC(C)NC(=O)C[C@@H](CN)CC(C)C)s1. The minimum atomic E-state index is 0.127. The Morgan fingerprint density at radius 1 is 1.35 bits per heavy atom. The predicted octanol–water partition coefficient (Wildman–Crippen LogP) is 3.11. The van der Waals surface area contributed by atoms with Crippen molar-refractivity contribution in [1.82, 2.24) is 5.32 Å². The zero-order valence-corrected chi connectivity index (χ0v) is 13.9. The van der Waals surface area contributed by atoms with Crippen LogP contribution in [0.25, 0.3) is 0 Å². The van der Waals surface area contributed by atoms with Gasteiger partial charge in [-0.25, -0.2) is 0 Å². The first-order valence-electron chi connectivity index (χ1n) is 7.45. The van der Waals surface area contributed by atoms with Crippen LogP contribution >= 0.6 is 11.3 Å². The minimum Gasteiger partial charge on any atom is -0.353 e. The summed E-state index contributed by atoms with van der Waals surface area (Å²) in [4.78, 5) is 14.7. The number of rotatable bonds is 8. The molecule has 0 aromatic carbocycles. The fourth-order valence-corrected chi connectivity index (χ4v) is 3.49. The highest BCUT2D eigenvalue weighted by Gasteiger charge is 2.16. The van der Waals surface area contributed by atoms with Crippen LogP contribution < -0.4 is 11.1 Å². The highest BCUT2D eigenvalue weighted by molar-refractivity contribution is 7.11. The van der Waals surface area contributed by atoms with Crippen LogP contribution in [0.1, 0.15) is 43.4 Å². The smallest absolute Gasteiger partial charge is 0.220 e. The summed E-state index contributed by atoms with van der Waals surface area (Å²) in [6.45, 7) is 9.09. The highest BCUT2D eigenvalue weighted by atomic mass is 32.1. The van der Waals surface area contributed by atoms with Crippen LogP contribution in [0.4, 0.5) is 0 Å². The van der Waals surface area contributed by atoms with E-state index in [4.69, 9.17) is 5.73 Å². The van der Waals surface area contributed by atoms with Gasteiger partial charge in [-0.05, 0) is 50.8 Å². The van der Waals surface area contributed by atoms with Gasteiger partial charge in [0.1, 0.15) is 0 Å². The lowest BCUT2D eigenvalue weighted by molar-refractivity contribution is -0.122. The average molecular weight is 296 g/mol. The van der Waals surface area contributed by atoms with Crippen LogP contribution in [0.2, 0.25) is 0 Å². The number of aryl methyl sites for hydroxylation is 1. The van der Waals surface area contributed by atoms with Crippen molar-refractivity contribution in [3.63, 3.8) is 0 Å². The molecule has 3 nitrogen and oxygen atoms in total. The zero-order chi connectivity index (χ0) is 15.1. The molecule has 0 aliphatic heterocycles. The normalized spacial score (nSPS) is 14.3. The third-order valence-corrected chi connectivity index (χ3v) is 4.35. The Balaban J connectivity index is 2.37. The topological polar surface area (TPSA) is 55.1 Å². The molecule has 1 amide bonds. The monoisotopic (exact) mass is 296 g/mol. The lowest BCUT2D eigenvalue weighted by Crippen LogP contribution is -2.36. The molecule has 0 bridgehead atoms. The largest absolute Gasteiger partial charge is 0.353 e. The lowest BCUT2D eigenvalue weighted by Gasteiger charge is -2.18. The molecule has 1 heterocycles. The first-order chi connectivity index (χ1) is 9.40. The molecule has 0 aliphatic rings. The molecule has 3 N–H and O–H groups in total. The van der Waals surface area contributed by atoms with Crippen molar-refractivity contribution in [1.29, 1.82) is 0 Å². The van der Waals surface area contributed by atoms with Crippen LogP contribution in [0.15, 0.2) is 12.1 Å². The van der Waals surface area contributed by atoms with Crippen molar-refractivity contribution in [3.8, 4) is 0 Å². The molecule has 0 aliphatic carbocycles. The van der Waals surface area contributed by atoms with Crippen LogP contribution in [-0.2, 0) is 11.2 Å². The summed E-state index contributed by atoms with van der Waals surface area (Å²) in [5, 5.41) is 3.09. The van der Waals surface area contributed by atoms with E-state index in [0.29, 0.717) is 24.8 Å². The third kappa shape index (κ3) is 6.53.